The normalized spacial score (nSPS) is 26.6. The number of piperidine rings is 3. The Bertz CT molecular complexity index is 796. The number of nitrogens with zero attached hydrogens (tertiary/aromatic N) is 3. The number of anilines is 1. The van der Waals surface area contributed by atoms with Gasteiger partial charge in [-0.3, -0.25) is 14.8 Å². The summed E-state index contributed by atoms with van der Waals surface area (Å²) in [5.41, 5.74) is 2.92. The molecule has 140 valence electrons. The maximum absolute atomic E-state index is 13.0. The van der Waals surface area contributed by atoms with Crippen LogP contribution in [0.1, 0.15) is 25.7 Å². The molecule has 1 aromatic carbocycles. The van der Waals surface area contributed by atoms with Crippen LogP contribution in [0.2, 0.25) is 0 Å². The molecule has 4 fully saturated rings. The lowest BCUT2D eigenvalue weighted by molar-refractivity contribution is -0.0311. The molecule has 5 nitrogen and oxygen atoms in total. The van der Waals surface area contributed by atoms with Crippen molar-refractivity contribution in [2.45, 2.75) is 37.8 Å². The Kier molecular flexibility index (Phi) is 4.32. The lowest BCUT2D eigenvalue weighted by Gasteiger charge is -2.44. The molecule has 2 aromatic rings. The Hall–Kier alpha value is -2.40. The molecule has 6 rings (SSSR count). The minimum Gasteiger partial charge on any atom is -0.444 e. The predicted molar refractivity (Wildman–Crippen MR) is 105 cm³/mol. The molecule has 2 bridgehead atoms. The summed E-state index contributed by atoms with van der Waals surface area (Å²) in [6, 6.07) is 14.3. The molecule has 0 N–H and O–H groups in total. The first-order valence-electron chi connectivity index (χ1n) is 10.0. The molecule has 1 unspecified atom stereocenters. The van der Waals surface area contributed by atoms with Gasteiger partial charge in [0.2, 0.25) is 0 Å². The molecule has 4 heterocycles. The summed E-state index contributed by atoms with van der Waals surface area (Å²) in [5.74, 6) is 0.534. The van der Waals surface area contributed by atoms with Crippen molar-refractivity contribution in [2.75, 3.05) is 24.5 Å². The van der Waals surface area contributed by atoms with Crippen LogP contribution in [0.3, 0.4) is 0 Å². The second-order valence-corrected chi connectivity index (χ2v) is 7.92. The number of benzene rings is 1. The number of ether oxygens (including phenoxy) is 1. The van der Waals surface area contributed by atoms with E-state index in [2.05, 4.69) is 9.88 Å². The van der Waals surface area contributed by atoms with Crippen molar-refractivity contribution in [3.05, 3.63) is 48.7 Å². The summed E-state index contributed by atoms with van der Waals surface area (Å²) in [6.07, 6.45) is 6.08. The minimum absolute atomic E-state index is 0.0500. The van der Waals surface area contributed by atoms with E-state index < -0.39 is 0 Å². The number of carbonyl (C=O) groups is 1. The summed E-state index contributed by atoms with van der Waals surface area (Å²) >= 11 is 0. The third kappa shape index (κ3) is 3.44. The van der Waals surface area contributed by atoms with Crippen molar-refractivity contribution >= 4 is 11.8 Å². The van der Waals surface area contributed by atoms with Gasteiger partial charge in [-0.25, -0.2) is 4.79 Å². The number of rotatable bonds is 4. The van der Waals surface area contributed by atoms with Crippen molar-refractivity contribution in [1.82, 2.24) is 9.88 Å². The van der Waals surface area contributed by atoms with E-state index >= 15 is 0 Å². The highest BCUT2D eigenvalue weighted by atomic mass is 16.6. The number of pyridine rings is 1. The second kappa shape index (κ2) is 6.97. The van der Waals surface area contributed by atoms with Gasteiger partial charge in [0.15, 0.2) is 0 Å². The van der Waals surface area contributed by atoms with Crippen molar-refractivity contribution in [3.63, 3.8) is 0 Å². The maximum atomic E-state index is 13.0. The zero-order valence-corrected chi connectivity index (χ0v) is 15.5. The number of carbonyl (C=O) groups excluding carboxylic acids is 1. The number of amides is 1. The molecule has 3 aliphatic heterocycles. The van der Waals surface area contributed by atoms with Crippen molar-refractivity contribution in [3.8, 4) is 11.3 Å². The van der Waals surface area contributed by atoms with Gasteiger partial charge in [0.1, 0.15) is 6.10 Å². The molecule has 1 amide bonds. The molecule has 5 heteroatoms. The average Bonchev–Trinajstić information content (AvgIpc) is 3.55. The highest BCUT2D eigenvalue weighted by Gasteiger charge is 2.40. The maximum Gasteiger partial charge on any atom is 0.414 e. The van der Waals surface area contributed by atoms with Crippen LogP contribution in [-0.2, 0) is 4.74 Å². The summed E-state index contributed by atoms with van der Waals surface area (Å²) < 4.78 is 5.99. The topological polar surface area (TPSA) is 45.7 Å². The zero-order chi connectivity index (χ0) is 18.2. The number of aromatic nitrogens is 1. The van der Waals surface area contributed by atoms with Gasteiger partial charge in [0.05, 0.1) is 5.69 Å². The Morgan fingerprint density at radius 2 is 1.81 bits per heavy atom. The predicted octanol–water partition coefficient (Wildman–Crippen LogP) is 3.95. The van der Waals surface area contributed by atoms with Gasteiger partial charge in [-0.15, -0.1) is 0 Å². The first-order chi connectivity index (χ1) is 13.3. The highest BCUT2D eigenvalue weighted by molar-refractivity contribution is 5.89. The Balaban J connectivity index is 1.32. The molecule has 1 atom stereocenters. The van der Waals surface area contributed by atoms with Crippen LogP contribution in [0.15, 0.2) is 48.7 Å². The number of fused-ring (bicyclic) bond motifs is 3. The van der Waals surface area contributed by atoms with E-state index in [9.17, 15) is 4.79 Å². The molecule has 0 spiro atoms. The van der Waals surface area contributed by atoms with Gasteiger partial charge in [-0.05, 0) is 69.0 Å². The first kappa shape index (κ1) is 16.8. The van der Waals surface area contributed by atoms with Crippen LogP contribution in [0.5, 0.6) is 0 Å². The molecule has 27 heavy (non-hydrogen) atoms. The monoisotopic (exact) mass is 363 g/mol. The van der Waals surface area contributed by atoms with Crippen molar-refractivity contribution in [1.29, 1.82) is 0 Å². The Labute approximate surface area is 159 Å². The lowest BCUT2D eigenvalue weighted by Crippen LogP contribution is -2.53. The van der Waals surface area contributed by atoms with Gasteiger partial charge >= 0.3 is 6.09 Å². The van der Waals surface area contributed by atoms with Crippen LogP contribution in [0, 0.1) is 5.92 Å². The molecule has 4 aliphatic rings. The van der Waals surface area contributed by atoms with Gasteiger partial charge in [-0.2, -0.15) is 0 Å². The van der Waals surface area contributed by atoms with E-state index in [1.807, 2.05) is 47.4 Å². The molecule has 1 aromatic heterocycles. The third-order valence-corrected chi connectivity index (χ3v) is 6.06. The van der Waals surface area contributed by atoms with Crippen molar-refractivity contribution < 1.29 is 9.53 Å². The minimum atomic E-state index is -0.179. The fourth-order valence-electron chi connectivity index (χ4n) is 4.35. The smallest absolute Gasteiger partial charge is 0.414 e. The average molecular weight is 363 g/mol. The van der Waals surface area contributed by atoms with Crippen LogP contribution < -0.4 is 4.90 Å². The molecule has 1 saturated carbocycles. The fraction of sp³-hybridized carbons (Fsp3) is 0.455. The van der Waals surface area contributed by atoms with Crippen molar-refractivity contribution in [2.24, 2.45) is 5.92 Å². The van der Waals surface area contributed by atoms with E-state index in [0.717, 1.165) is 62.3 Å². The molecule has 0 radical (unpaired) electrons. The SMILES string of the molecule is O=C(OC1CN2CCC1CC2)N(c1ccc(-c2ccccn2)cc1)C1CC1. The summed E-state index contributed by atoms with van der Waals surface area (Å²) in [6.45, 7) is 3.20. The zero-order valence-electron chi connectivity index (χ0n) is 15.5. The summed E-state index contributed by atoms with van der Waals surface area (Å²) in [4.78, 5) is 21.7. The van der Waals surface area contributed by atoms with Gasteiger partial charge in [0, 0.05) is 30.0 Å². The van der Waals surface area contributed by atoms with E-state index in [0.29, 0.717) is 5.92 Å². The lowest BCUT2D eigenvalue weighted by atomic mass is 9.86. The quantitative estimate of drug-likeness (QED) is 0.825. The molecular weight excluding hydrogens is 338 g/mol. The standard InChI is InChI=1S/C22H25N3O2/c26-22(27-21-15-24-13-10-17(21)11-14-24)25(19-8-9-19)18-6-4-16(5-7-18)20-3-1-2-12-23-20/h1-7,12,17,19,21H,8-11,13-15H2. The summed E-state index contributed by atoms with van der Waals surface area (Å²) in [7, 11) is 0. The van der Waals surface area contributed by atoms with E-state index in [4.69, 9.17) is 4.74 Å². The van der Waals surface area contributed by atoms with Gasteiger partial charge < -0.3 is 4.74 Å². The number of hydrogen-bond donors (Lipinski definition) is 0. The molecule has 3 saturated heterocycles. The van der Waals surface area contributed by atoms with Crippen LogP contribution >= 0.6 is 0 Å². The van der Waals surface area contributed by atoms with Crippen LogP contribution in [-0.4, -0.2) is 47.8 Å². The third-order valence-electron chi connectivity index (χ3n) is 6.06. The van der Waals surface area contributed by atoms with E-state index in [-0.39, 0.29) is 18.2 Å². The Morgan fingerprint density at radius 3 is 2.41 bits per heavy atom. The Morgan fingerprint density at radius 1 is 1.04 bits per heavy atom. The van der Waals surface area contributed by atoms with Crippen LogP contribution in [0.4, 0.5) is 10.5 Å². The number of hydrogen-bond acceptors (Lipinski definition) is 4. The van der Waals surface area contributed by atoms with Crippen LogP contribution in [0.25, 0.3) is 11.3 Å². The van der Waals surface area contributed by atoms with E-state index in [1.54, 1.807) is 6.20 Å². The molecule has 1 aliphatic carbocycles. The second-order valence-electron chi connectivity index (χ2n) is 7.92. The summed E-state index contributed by atoms with van der Waals surface area (Å²) in [5, 5.41) is 0. The van der Waals surface area contributed by atoms with Gasteiger partial charge in [0.25, 0.3) is 0 Å². The fourth-order valence-corrected chi connectivity index (χ4v) is 4.35. The highest BCUT2D eigenvalue weighted by Crippen LogP contribution is 2.35. The molecular formula is C22H25N3O2. The van der Waals surface area contributed by atoms with E-state index in [1.165, 1.54) is 0 Å². The van der Waals surface area contributed by atoms with Gasteiger partial charge in [-0.1, -0.05) is 18.2 Å². The first-order valence-corrected chi connectivity index (χ1v) is 10.0. The largest absolute Gasteiger partial charge is 0.444 e.